The highest BCUT2D eigenvalue weighted by Crippen LogP contribution is 2.32. The molecule has 2 aromatic heterocycles. The van der Waals surface area contributed by atoms with Gasteiger partial charge in [-0.25, -0.2) is 4.98 Å². The Morgan fingerprint density at radius 1 is 1.27 bits per heavy atom. The summed E-state index contributed by atoms with van der Waals surface area (Å²) in [5.41, 5.74) is 0.908. The number of benzene rings is 1. The fourth-order valence-electron chi connectivity index (χ4n) is 3.38. The van der Waals surface area contributed by atoms with Crippen molar-refractivity contribution in [1.82, 2.24) is 19.7 Å². The van der Waals surface area contributed by atoms with Gasteiger partial charge in [0.25, 0.3) is 0 Å². The number of thiazole rings is 1. The van der Waals surface area contributed by atoms with Crippen LogP contribution in [0.4, 0.5) is 5.13 Å². The van der Waals surface area contributed by atoms with E-state index in [0.717, 1.165) is 21.2 Å². The molecule has 1 N–H and O–H groups in total. The topological polar surface area (TPSA) is 72.7 Å². The van der Waals surface area contributed by atoms with E-state index in [1.165, 1.54) is 55.2 Å². The molecule has 3 aromatic rings. The first-order valence-corrected chi connectivity index (χ1v) is 10.7. The van der Waals surface area contributed by atoms with E-state index in [1.54, 1.807) is 0 Å². The number of nitrogens with zero attached hydrogens (tertiary/aromatic N) is 4. The SMILES string of the molecule is Cn1c(SCC(=O)Nc2nc3ccccc3s2)nnc1C1CCCCC1. The van der Waals surface area contributed by atoms with Crippen molar-refractivity contribution in [3.8, 4) is 0 Å². The van der Waals surface area contributed by atoms with Crippen molar-refractivity contribution >= 4 is 44.4 Å². The maximum absolute atomic E-state index is 12.3. The monoisotopic (exact) mass is 387 g/mol. The first kappa shape index (κ1) is 17.5. The predicted molar refractivity (Wildman–Crippen MR) is 106 cm³/mol. The van der Waals surface area contributed by atoms with Gasteiger partial charge in [0.15, 0.2) is 10.3 Å². The molecule has 1 saturated carbocycles. The van der Waals surface area contributed by atoms with E-state index in [9.17, 15) is 4.79 Å². The number of hydrogen-bond acceptors (Lipinski definition) is 6. The van der Waals surface area contributed by atoms with Crippen molar-refractivity contribution in [1.29, 1.82) is 0 Å². The molecule has 0 spiro atoms. The van der Waals surface area contributed by atoms with Gasteiger partial charge in [-0.15, -0.1) is 10.2 Å². The van der Waals surface area contributed by atoms with E-state index in [-0.39, 0.29) is 5.91 Å². The van der Waals surface area contributed by atoms with Crippen LogP contribution in [0.2, 0.25) is 0 Å². The lowest BCUT2D eigenvalue weighted by molar-refractivity contribution is -0.113. The van der Waals surface area contributed by atoms with Gasteiger partial charge < -0.3 is 9.88 Å². The van der Waals surface area contributed by atoms with Gasteiger partial charge in [0.2, 0.25) is 5.91 Å². The van der Waals surface area contributed by atoms with Gasteiger partial charge in [-0.05, 0) is 25.0 Å². The number of carbonyl (C=O) groups is 1. The van der Waals surface area contributed by atoms with Gasteiger partial charge >= 0.3 is 0 Å². The number of aromatic nitrogens is 4. The van der Waals surface area contributed by atoms with Crippen LogP contribution in [0.3, 0.4) is 0 Å². The van der Waals surface area contributed by atoms with E-state index in [4.69, 9.17) is 0 Å². The summed E-state index contributed by atoms with van der Waals surface area (Å²) in [6.07, 6.45) is 6.24. The number of para-hydroxylation sites is 1. The standard InChI is InChI=1S/C18H21N5OS2/c1-23-16(12-7-3-2-4-8-12)21-22-18(23)25-11-15(24)20-17-19-13-9-5-6-10-14(13)26-17/h5-6,9-10,12H,2-4,7-8,11H2,1H3,(H,19,20,24). The summed E-state index contributed by atoms with van der Waals surface area (Å²) in [6.45, 7) is 0. The minimum atomic E-state index is -0.0729. The molecule has 0 aliphatic heterocycles. The Bertz CT molecular complexity index is 880. The fourth-order valence-corrected chi connectivity index (χ4v) is 4.98. The molecule has 1 amide bonds. The van der Waals surface area contributed by atoms with E-state index in [2.05, 4.69) is 20.5 Å². The minimum Gasteiger partial charge on any atom is -0.309 e. The van der Waals surface area contributed by atoms with Crippen LogP contribution in [0, 0.1) is 0 Å². The van der Waals surface area contributed by atoms with Crippen LogP contribution in [-0.2, 0) is 11.8 Å². The molecular weight excluding hydrogens is 366 g/mol. The summed E-state index contributed by atoms with van der Waals surface area (Å²) in [5, 5.41) is 13.0. The molecule has 0 atom stereocenters. The number of thioether (sulfide) groups is 1. The molecule has 8 heteroatoms. The zero-order valence-electron chi connectivity index (χ0n) is 14.6. The molecule has 136 valence electrons. The number of anilines is 1. The van der Waals surface area contributed by atoms with Gasteiger partial charge in [0.1, 0.15) is 5.82 Å². The lowest BCUT2D eigenvalue weighted by Crippen LogP contribution is -2.14. The lowest BCUT2D eigenvalue weighted by atomic mass is 9.89. The van der Waals surface area contributed by atoms with Crippen LogP contribution in [0.5, 0.6) is 0 Å². The molecule has 1 fully saturated rings. The normalized spacial score (nSPS) is 15.4. The van der Waals surface area contributed by atoms with E-state index in [0.29, 0.717) is 16.8 Å². The highest BCUT2D eigenvalue weighted by molar-refractivity contribution is 7.99. The molecule has 1 aromatic carbocycles. The van der Waals surface area contributed by atoms with E-state index >= 15 is 0 Å². The van der Waals surface area contributed by atoms with Crippen LogP contribution >= 0.6 is 23.1 Å². The number of nitrogens with one attached hydrogen (secondary N) is 1. The summed E-state index contributed by atoms with van der Waals surface area (Å²) in [6, 6.07) is 7.87. The molecule has 26 heavy (non-hydrogen) atoms. The van der Waals surface area contributed by atoms with Crippen LogP contribution in [0.25, 0.3) is 10.2 Å². The zero-order chi connectivity index (χ0) is 17.9. The summed E-state index contributed by atoms with van der Waals surface area (Å²) < 4.78 is 3.12. The zero-order valence-corrected chi connectivity index (χ0v) is 16.3. The number of carbonyl (C=O) groups excluding carboxylic acids is 1. The molecule has 0 saturated heterocycles. The third kappa shape index (κ3) is 3.76. The van der Waals surface area contributed by atoms with E-state index in [1.807, 2.05) is 35.9 Å². The Labute approximate surface area is 160 Å². The number of amides is 1. The largest absolute Gasteiger partial charge is 0.309 e. The molecule has 1 aliphatic rings. The quantitative estimate of drug-likeness (QED) is 0.664. The molecule has 4 rings (SSSR count). The molecule has 0 radical (unpaired) electrons. The second-order valence-corrected chi connectivity index (χ2v) is 8.53. The van der Waals surface area contributed by atoms with Crippen LogP contribution in [-0.4, -0.2) is 31.4 Å². The predicted octanol–water partition coefficient (Wildman–Crippen LogP) is 4.20. The average Bonchev–Trinajstić information content (AvgIpc) is 3.23. The van der Waals surface area contributed by atoms with Gasteiger partial charge in [-0.2, -0.15) is 0 Å². The Morgan fingerprint density at radius 2 is 2.08 bits per heavy atom. The van der Waals surface area contributed by atoms with Crippen LogP contribution < -0.4 is 5.32 Å². The third-order valence-electron chi connectivity index (χ3n) is 4.71. The second-order valence-electron chi connectivity index (χ2n) is 6.56. The summed E-state index contributed by atoms with van der Waals surface area (Å²) in [7, 11) is 2.00. The maximum atomic E-state index is 12.3. The summed E-state index contributed by atoms with van der Waals surface area (Å²) in [5.74, 6) is 1.79. The molecule has 1 aliphatic carbocycles. The molecule has 6 nitrogen and oxygen atoms in total. The average molecular weight is 388 g/mol. The molecular formula is C18H21N5OS2. The van der Waals surface area contributed by atoms with Gasteiger partial charge in [0.05, 0.1) is 16.0 Å². The van der Waals surface area contributed by atoms with Crippen molar-refractivity contribution in [2.45, 2.75) is 43.2 Å². The number of rotatable bonds is 5. The van der Waals surface area contributed by atoms with Crippen molar-refractivity contribution in [2.24, 2.45) is 7.05 Å². The molecule has 0 unspecified atom stereocenters. The Hall–Kier alpha value is -1.93. The Balaban J connectivity index is 1.36. The van der Waals surface area contributed by atoms with Gasteiger partial charge in [-0.1, -0.05) is 54.5 Å². The molecule has 0 bridgehead atoms. The fraction of sp³-hybridized carbons (Fsp3) is 0.444. The van der Waals surface area contributed by atoms with Gasteiger partial charge in [0, 0.05) is 13.0 Å². The van der Waals surface area contributed by atoms with Crippen LogP contribution in [0.15, 0.2) is 29.4 Å². The third-order valence-corrected chi connectivity index (χ3v) is 6.68. The van der Waals surface area contributed by atoms with Gasteiger partial charge in [-0.3, -0.25) is 4.79 Å². The highest BCUT2D eigenvalue weighted by Gasteiger charge is 2.22. The second kappa shape index (κ2) is 7.75. The first-order valence-electron chi connectivity index (χ1n) is 8.88. The molecule has 2 heterocycles. The number of hydrogen-bond donors (Lipinski definition) is 1. The lowest BCUT2D eigenvalue weighted by Gasteiger charge is -2.20. The van der Waals surface area contributed by atoms with Crippen molar-refractivity contribution in [3.63, 3.8) is 0 Å². The Kier molecular flexibility index (Phi) is 5.21. The van der Waals surface area contributed by atoms with Crippen molar-refractivity contribution in [2.75, 3.05) is 11.1 Å². The number of fused-ring (bicyclic) bond motifs is 1. The minimum absolute atomic E-state index is 0.0729. The Morgan fingerprint density at radius 3 is 2.88 bits per heavy atom. The highest BCUT2D eigenvalue weighted by atomic mass is 32.2. The van der Waals surface area contributed by atoms with E-state index < -0.39 is 0 Å². The summed E-state index contributed by atoms with van der Waals surface area (Å²) in [4.78, 5) is 16.7. The first-order chi connectivity index (χ1) is 12.7. The van der Waals surface area contributed by atoms with Crippen molar-refractivity contribution < 1.29 is 4.79 Å². The smallest absolute Gasteiger partial charge is 0.236 e. The van der Waals surface area contributed by atoms with Crippen molar-refractivity contribution in [3.05, 3.63) is 30.1 Å². The van der Waals surface area contributed by atoms with Crippen LogP contribution in [0.1, 0.15) is 43.8 Å². The maximum Gasteiger partial charge on any atom is 0.236 e. The summed E-state index contributed by atoms with van der Waals surface area (Å²) >= 11 is 2.91.